The van der Waals surface area contributed by atoms with Gasteiger partial charge in [-0.15, -0.1) is 0 Å². The maximum absolute atomic E-state index is 12.9. The van der Waals surface area contributed by atoms with Gasteiger partial charge in [0, 0.05) is 0 Å². The Morgan fingerprint density at radius 2 is 1.72 bits per heavy atom. The lowest BCUT2D eigenvalue weighted by Crippen LogP contribution is -2.27. The molecule has 36 heavy (non-hydrogen) atoms. The molecule has 0 unspecified atom stereocenters. The van der Waals surface area contributed by atoms with Crippen molar-refractivity contribution in [3.63, 3.8) is 0 Å². The number of benzene rings is 4. The van der Waals surface area contributed by atoms with Gasteiger partial charge in [-0.3, -0.25) is 14.5 Å². The lowest BCUT2D eigenvalue weighted by molar-refractivity contribution is -0.123. The van der Waals surface area contributed by atoms with Gasteiger partial charge in [0.25, 0.3) is 11.1 Å². The molecule has 176 valence electrons. The van der Waals surface area contributed by atoms with E-state index in [1.807, 2.05) is 30.3 Å². The number of carbonyl (C=O) groups excluding carboxylic acids is 2. The van der Waals surface area contributed by atoms with Gasteiger partial charge < -0.3 is 4.74 Å². The number of imide groups is 1. The summed E-state index contributed by atoms with van der Waals surface area (Å²) in [6.45, 7) is 0.522. The number of thioether (sulfide) groups is 1. The molecule has 4 aromatic carbocycles. The van der Waals surface area contributed by atoms with Crippen molar-refractivity contribution in [2.45, 2.75) is 13.2 Å². The van der Waals surface area contributed by atoms with Gasteiger partial charge in [-0.25, -0.2) is 0 Å². The van der Waals surface area contributed by atoms with Gasteiger partial charge >= 0.3 is 0 Å². The fraction of sp³-hybridized carbons (Fsp3) is 0.0690. The van der Waals surface area contributed by atoms with Crippen molar-refractivity contribution in [3.05, 3.63) is 116 Å². The van der Waals surface area contributed by atoms with Crippen LogP contribution >= 0.6 is 34.4 Å². The van der Waals surface area contributed by atoms with Gasteiger partial charge in [-0.2, -0.15) is 5.26 Å². The Bertz CT molecular complexity index is 1570. The van der Waals surface area contributed by atoms with Gasteiger partial charge in [0.15, 0.2) is 0 Å². The first-order valence-electron chi connectivity index (χ1n) is 11.2. The third-order valence-electron chi connectivity index (χ3n) is 5.80. The fourth-order valence-corrected chi connectivity index (χ4v) is 5.47. The van der Waals surface area contributed by atoms with Crippen LogP contribution in [-0.4, -0.2) is 16.0 Å². The smallest absolute Gasteiger partial charge is 0.293 e. The summed E-state index contributed by atoms with van der Waals surface area (Å²) in [5, 5.41) is 11.3. The molecular weight excluding hydrogens is 583 g/mol. The number of rotatable bonds is 6. The fourth-order valence-electron chi connectivity index (χ4n) is 3.94. The molecule has 0 radical (unpaired) electrons. The topological polar surface area (TPSA) is 70.4 Å². The predicted octanol–water partition coefficient (Wildman–Crippen LogP) is 7.13. The summed E-state index contributed by atoms with van der Waals surface area (Å²) in [6.07, 6.45) is 1.72. The van der Waals surface area contributed by atoms with E-state index < -0.39 is 0 Å². The number of fused-ring (bicyclic) bond motifs is 1. The summed E-state index contributed by atoms with van der Waals surface area (Å²) in [4.78, 5) is 27.0. The molecule has 5 nitrogen and oxygen atoms in total. The molecule has 1 aliphatic heterocycles. The van der Waals surface area contributed by atoms with Crippen LogP contribution in [0.25, 0.3) is 16.8 Å². The predicted molar refractivity (Wildman–Crippen MR) is 150 cm³/mol. The first-order valence-corrected chi connectivity index (χ1v) is 13.0. The number of amides is 2. The minimum Gasteiger partial charge on any atom is -0.488 e. The van der Waals surface area contributed by atoms with E-state index in [1.165, 1.54) is 15.7 Å². The van der Waals surface area contributed by atoms with Crippen LogP contribution in [0.4, 0.5) is 4.79 Å². The van der Waals surface area contributed by atoms with E-state index >= 15 is 0 Å². The van der Waals surface area contributed by atoms with Gasteiger partial charge in [-0.05, 0) is 92.2 Å². The Morgan fingerprint density at radius 3 is 2.53 bits per heavy atom. The third-order valence-corrected chi connectivity index (χ3v) is 7.55. The van der Waals surface area contributed by atoms with Crippen molar-refractivity contribution < 1.29 is 14.3 Å². The van der Waals surface area contributed by atoms with E-state index in [0.717, 1.165) is 32.2 Å². The number of nitrogens with zero attached hydrogens (tertiary/aromatic N) is 2. The Labute approximate surface area is 226 Å². The molecule has 1 saturated heterocycles. The summed E-state index contributed by atoms with van der Waals surface area (Å²) < 4.78 is 6.96. The van der Waals surface area contributed by atoms with Gasteiger partial charge in [0.05, 0.1) is 26.7 Å². The second-order valence-electron chi connectivity index (χ2n) is 8.20. The summed E-state index contributed by atoms with van der Waals surface area (Å²) in [7, 11) is 0. The zero-order chi connectivity index (χ0) is 25.1. The van der Waals surface area contributed by atoms with Crippen molar-refractivity contribution in [2.24, 2.45) is 0 Å². The van der Waals surface area contributed by atoms with Crippen molar-refractivity contribution in [3.8, 4) is 11.8 Å². The molecule has 0 bridgehead atoms. The standard InChI is InChI=1S/C29H19IN2O3S/c30-25-14-19(10-12-26(25)35-18-20-9-11-21-5-1-2-6-22(21)13-20)15-27-28(33)32(29(34)36-27)17-24-8-4-3-7-23(24)16-31/h1-15H,17-18H2/b27-15+. The molecular formula is C29H19IN2O3S. The van der Waals surface area contributed by atoms with Gasteiger partial charge in [0.2, 0.25) is 0 Å². The Hall–Kier alpha value is -3.61. The van der Waals surface area contributed by atoms with E-state index in [9.17, 15) is 14.9 Å². The van der Waals surface area contributed by atoms with E-state index in [1.54, 1.807) is 30.3 Å². The number of ether oxygens (including phenoxy) is 1. The summed E-state index contributed by atoms with van der Waals surface area (Å²) >= 11 is 3.12. The van der Waals surface area contributed by atoms with Crippen molar-refractivity contribution in [2.75, 3.05) is 0 Å². The zero-order valence-corrected chi connectivity index (χ0v) is 22.0. The number of nitriles is 1. The molecule has 7 heteroatoms. The Balaban J connectivity index is 1.28. The first-order chi connectivity index (χ1) is 17.5. The largest absolute Gasteiger partial charge is 0.488 e. The normalized spacial score (nSPS) is 14.4. The van der Waals surface area contributed by atoms with Crippen LogP contribution in [0.2, 0.25) is 0 Å². The maximum Gasteiger partial charge on any atom is 0.293 e. The van der Waals surface area contributed by atoms with Crippen LogP contribution in [0.5, 0.6) is 5.75 Å². The molecule has 5 rings (SSSR count). The number of halogens is 1. The van der Waals surface area contributed by atoms with Crippen LogP contribution in [0.1, 0.15) is 22.3 Å². The van der Waals surface area contributed by atoms with E-state index in [0.29, 0.717) is 22.6 Å². The highest BCUT2D eigenvalue weighted by Crippen LogP contribution is 2.34. The molecule has 1 fully saturated rings. The highest BCUT2D eigenvalue weighted by Gasteiger charge is 2.35. The van der Waals surface area contributed by atoms with Crippen LogP contribution < -0.4 is 4.74 Å². The average molecular weight is 602 g/mol. The highest BCUT2D eigenvalue weighted by molar-refractivity contribution is 14.1. The van der Waals surface area contributed by atoms with Gasteiger partial charge in [-0.1, -0.05) is 60.7 Å². The molecule has 0 spiro atoms. The molecule has 0 aliphatic carbocycles. The first kappa shape index (κ1) is 24.1. The molecule has 0 N–H and O–H groups in total. The van der Waals surface area contributed by atoms with Crippen LogP contribution in [-0.2, 0) is 17.9 Å². The zero-order valence-electron chi connectivity index (χ0n) is 19.0. The molecule has 2 amide bonds. The third kappa shape index (κ3) is 5.15. The SMILES string of the molecule is N#Cc1ccccc1CN1C(=O)S/C(=C/c2ccc(OCc3ccc4ccccc4c3)c(I)c2)C1=O. The van der Waals surface area contributed by atoms with E-state index in [-0.39, 0.29) is 17.7 Å². The second kappa shape index (κ2) is 10.6. The van der Waals surface area contributed by atoms with E-state index in [2.05, 4.69) is 59.0 Å². The molecule has 4 aromatic rings. The summed E-state index contributed by atoms with van der Waals surface area (Å²) in [5.41, 5.74) is 2.99. The summed E-state index contributed by atoms with van der Waals surface area (Å²) in [6, 6.07) is 29.3. The van der Waals surface area contributed by atoms with Gasteiger partial charge in [0.1, 0.15) is 12.4 Å². The van der Waals surface area contributed by atoms with Crippen molar-refractivity contribution in [1.29, 1.82) is 5.26 Å². The minimum atomic E-state index is -0.357. The molecule has 0 aromatic heterocycles. The van der Waals surface area contributed by atoms with Crippen LogP contribution in [0.15, 0.2) is 89.8 Å². The lowest BCUT2D eigenvalue weighted by atomic mass is 10.1. The average Bonchev–Trinajstić information content (AvgIpc) is 3.15. The Morgan fingerprint density at radius 1 is 0.944 bits per heavy atom. The minimum absolute atomic E-state index is 0.0742. The summed E-state index contributed by atoms with van der Waals surface area (Å²) in [5.74, 6) is 0.395. The van der Waals surface area contributed by atoms with Crippen molar-refractivity contribution >= 4 is 62.3 Å². The van der Waals surface area contributed by atoms with Crippen LogP contribution in [0.3, 0.4) is 0 Å². The van der Waals surface area contributed by atoms with E-state index in [4.69, 9.17) is 4.74 Å². The number of hydrogen-bond acceptors (Lipinski definition) is 5. The molecule has 0 atom stereocenters. The monoisotopic (exact) mass is 602 g/mol. The second-order valence-corrected chi connectivity index (χ2v) is 10.4. The maximum atomic E-state index is 12.9. The quantitative estimate of drug-likeness (QED) is 0.174. The lowest BCUT2D eigenvalue weighted by Gasteiger charge is -2.13. The van der Waals surface area contributed by atoms with Crippen LogP contribution in [0, 0.1) is 14.9 Å². The molecule has 1 aliphatic rings. The highest BCUT2D eigenvalue weighted by atomic mass is 127. The molecule has 0 saturated carbocycles. The number of carbonyl (C=O) groups is 2. The molecule has 1 heterocycles. The Kier molecular flexibility index (Phi) is 7.07. The van der Waals surface area contributed by atoms with Crippen molar-refractivity contribution in [1.82, 2.24) is 4.90 Å². The number of hydrogen-bond donors (Lipinski definition) is 0.